The average Bonchev–Trinajstić information content (AvgIpc) is 2.83. The highest BCUT2D eigenvalue weighted by Crippen LogP contribution is 2.28. The molecule has 0 radical (unpaired) electrons. The predicted octanol–water partition coefficient (Wildman–Crippen LogP) is 3.31. The van der Waals surface area contributed by atoms with Gasteiger partial charge in [0, 0.05) is 43.1 Å². The summed E-state index contributed by atoms with van der Waals surface area (Å²) in [6.45, 7) is 9.12. The van der Waals surface area contributed by atoms with Gasteiger partial charge in [-0.15, -0.1) is 0 Å². The van der Waals surface area contributed by atoms with Crippen LogP contribution < -0.4 is 11.0 Å². The minimum Gasteiger partial charge on any atom is -0.379 e. The Kier molecular flexibility index (Phi) is 8.22. The van der Waals surface area contributed by atoms with E-state index in [1.54, 1.807) is 0 Å². The molecular formula is C25H34N4O3S. The molecule has 1 aromatic heterocycles. The third kappa shape index (κ3) is 6.25. The monoisotopic (exact) mass is 470 g/mol. The molecule has 0 spiro atoms. The first-order chi connectivity index (χ1) is 16.0. The summed E-state index contributed by atoms with van der Waals surface area (Å²) in [6, 6.07) is 7.96. The maximum atomic E-state index is 12.9. The molecule has 7 nitrogen and oxygen atoms in total. The number of amides is 1. The van der Waals surface area contributed by atoms with Crippen LogP contribution >= 0.6 is 11.8 Å². The van der Waals surface area contributed by atoms with E-state index in [4.69, 9.17) is 4.74 Å². The Balaban J connectivity index is 1.41. The van der Waals surface area contributed by atoms with Crippen molar-refractivity contribution in [3.8, 4) is 0 Å². The molecule has 1 fully saturated rings. The zero-order chi connectivity index (χ0) is 23.2. The molecule has 0 unspecified atom stereocenters. The van der Waals surface area contributed by atoms with Gasteiger partial charge in [-0.05, 0) is 49.3 Å². The second kappa shape index (κ2) is 11.3. The summed E-state index contributed by atoms with van der Waals surface area (Å²) >= 11 is 1.38. The van der Waals surface area contributed by atoms with Gasteiger partial charge in [-0.1, -0.05) is 37.7 Å². The Hall–Kier alpha value is -2.16. The Morgan fingerprint density at radius 3 is 2.58 bits per heavy atom. The van der Waals surface area contributed by atoms with Crippen LogP contribution in [0.25, 0.3) is 0 Å². The van der Waals surface area contributed by atoms with Crippen LogP contribution in [0.4, 0.5) is 5.69 Å². The van der Waals surface area contributed by atoms with E-state index < -0.39 is 0 Å². The number of aromatic nitrogens is 2. The number of anilines is 1. The molecule has 178 valence electrons. The highest BCUT2D eigenvalue weighted by Gasteiger charge is 2.22. The lowest BCUT2D eigenvalue weighted by atomic mass is 9.97. The van der Waals surface area contributed by atoms with Crippen LogP contribution in [0.5, 0.6) is 0 Å². The van der Waals surface area contributed by atoms with E-state index in [1.807, 2.05) is 28.8 Å². The van der Waals surface area contributed by atoms with Crippen molar-refractivity contribution in [1.29, 1.82) is 0 Å². The van der Waals surface area contributed by atoms with Gasteiger partial charge < -0.3 is 10.1 Å². The minimum absolute atomic E-state index is 0.0832. The van der Waals surface area contributed by atoms with Crippen molar-refractivity contribution >= 4 is 23.4 Å². The molecular weight excluding hydrogens is 436 g/mol. The van der Waals surface area contributed by atoms with E-state index in [1.165, 1.54) is 17.3 Å². The fourth-order valence-electron chi connectivity index (χ4n) is 4.45. The molecule has 1 amide bonds. The van der Waals surface area contributed by atoms with Gasteiger partial charge >= 0.3 is 5.69 Å². The third-order valence-electron chi connectivity index (χ3n) is 6.40. The Labute approximate surface area is 199 Å². The number of carbonyl (C=O) groups excluding carboxylic acids is 1. The fourth-order valence-corrected chi connectivity index (χ4v) is 5.32. The number of ether oxygens (including phenoxy) is 1. The Morgan fingerprint density at radius 2 is 1.85 bits per heavy atom. The number of hydrogen-bond acceptors (Lipinski definition) is 6. The standard InChI is InChI=1S/C25H34N4O3S/c1-18(2)19-7-9-20(10-8-19)26-23(30)17-33-24-21-5-3-4-6-22(21)29(25(31)27-24)12-11-28-13-15-32-16-14-28/h7-10,18H,3-6,11-17H2,1-2H3,(H,26,30). The first-order valence-corrected chi connectivity index (χ1v) is 12.9. The molecule has 1 aliphatic heterocycles. The SMILES string of the molecule is CC(C)c1ccc(NC(=O)CSc2nc(=O)n(CCN3CCOCC3)c3c2CCCC3)cc1. The number of nitrogens with zero attached hydrogens (tertiary/aromatic N) is 3. The molecule has 33 heavy (non-hydrogen) atoms. The second-order valence-electron chi connectivity index (χ2n) is 9.05. The summed E-state index contributed by atoms with van der Waals surface area (Å²) in [7, 11) is 0. The maximum absolute atomic E-state index is 12.9. The summed E-state index contributed by atoms with van der Waals surface area (Å²) in [5.74, 6) is 0.612. The van der Waals surface area contributed by atoms with Crippen molar-refractivity contribution in [1.82, 2.24) is 14.5 Å². The van der Waals surface area contributed by atoms with Gasteiger partial charge in [-0.2, -0.15) is 4.98 Å². The lowest BCUT2D eigenvalue weighted by Crippen LogP contribution is -2.40. The smallest absolute Gasteiger partial charge is 0.348 e. The number of thioether (sulfide) groups is 1. The lowest BCUT2D eigenvalue weighted by molar-refractivity contribution is -0.113. The average molecular weight is 471 g/mol. The first-order valence-electron chi connectivity index (χ1n) is 12.0. The minimum atomic E-state index is -0.198. The van der Waals surface area contributed by atoms with Crippen LogP contribution in [0, 0.1) is 0 Å². The van der Waals surface area contributed by atoms with Gasteiger partial charge in [0.2, 0.25) is 5.91 Å². The van der Waals surface area contributed by atoms with E-state index in [2.05, 4.69) is 29.0 Å². The molecule has 0 bridgehead atoms. The number of benzene rings is 1. The highest BCUT2D eigenvalue weighted by molar-refractivity contribution is 8.00. The van der Waals surface area contributed by atoms with Crippen LogP contribution in [0.1, 0.15) is 49.4 Å². The van der Waals surface area contributed by atoms with Gasteiger partial charge in [-0.25, -0.2) is 4.79 Å². The van der Waals surface area contributed by atoms with Crippen LogP contribution in [0.2, 0.25) is 0 Å². The van der Waals surface area contributed by atoms with Crippen LogP contribution in [-0.4, -0.2) is 59.0 Å². The molecule has 0 saturated carbocycles. The zero-order valence-corrected chi connectivity index (χ0v) is 20.5. The summed E-state index contributed by atoms with van der Waals surface area (Å²) < 4.78 is 7.29. The van der Waals surface area contributed by atoms with Crippen LogP contribution in [0.3, 0.4) is 0 Å². The zero-order valence-electron chi connectivity index (χ0n) is 19.6. The van der Waals surface area contributed by atoms with E-state index in [0.29, 0.717) is 12.5 Å². The third-order valence-corrected chi connectivity index (χ3v) is 7.41. The maximum Gasteiger partial charge on any atom is 0.348 e. The van der Waals surface area contributed by atoms with Gasteiger partial charge in [0.15, 0.2) is 0 Å². The van der Waals surface area contributed by atoms with Crippen molar-refractivity contribution < 1.29 is 9.53 Å². The first kappa shape index (κ1) is 24.0. The van der Waals surface area contributed by atoms with Crippen molar-refractivity contribution in [2.24, 2.45) is 0 Å². The van der Waals surface area contributed by atoms with Crippen molar-refractivity contribution in [3.05, 3.63) is 51.6 Å². The van der Waals surface area contributed by atoms with E-state index >= 15 is 0 Å². The van der Waals surface area contributed by atoms with Crippen LogP contribution in [-0.2, 0) is 28.9 Å². The normalized spacial score (nSPS) is 16.6. The van der Waals surface area contributed by atoms with E-state index in [0.717, 1.165) is 80.5 Å². The molecule has 2 aromatic rings. The molecule has 1 aliphatic carbocycles. The molecule has 4 rings (SSSR count). The van der Waals surface area contributed by atoms with Gasteiger partial charge in [0.1, 0.15) is 5.03 Å². The molecule has 1 N–H and O–H groups in total. The van der Waals surface area contributed by atoms with E-state index in [-0.39, 0.29) is 17.3 Å². The summed E-state index contributed by atoms with van der Waals surface area (Å²) in [6.07, 6.45) is 4.00. The van der Waals surface area contributed by atoms with Gasteiger partial charge in [0.05, 0.1) is 19.0 Å². The van der Waals surface area contributed by atoms with Crippen LogP contribution in [0.15, 0.2) is 34.1 Å². The topological polar surface area (TPSA) is 76.5 Å². The number of hydrogen-bond donors (Lipinski definition) is 1. The number of carbonyl (C=O) groups is 1. The fraction of sp³-hybridized carbons (Fsp3) is 0.560. The summed E-state index contributed by atoms with van der Waals surface area (Å²) in [5.41, 5.74) is 4.10. The number of nitrogens with one attached hydrogen (secondary N) is 1. The number of morpholine rings is 1. The summed E-state index contributed by atoms with van der Waals surface area (Å²) in [4.78, 5) is 32.2. The molecule has 8 heteroatoms. The molecule has 1 saturated heterocycles. The molecule has 2 aliphatic rings. The predicted molar refractivity (Wildman–Crippen MR) is 132 cm³/mol. The Bertz CT molecular complexity index is 1010. The quantitative estimate of drug-likeness (QED) is 0.471. The Morgan fingerprint density at radius 1 is 1.12 bits per heavy atom. The molecule has 0 atom stereocenters. The second-order valence-corrected chi connectivity index (χ2v) is 10.0. The largest absolute Gasteiger partial charge is 0.379 e. The highest BCUT2D eigenvalue weighted by atomic mass is 32.2. The lowest BCUT2D eigenvalue weighted by Gasteiger charge is -2.28. The molecule has 1 aromatic carbocycles. The number of rotatable bonds is 8. The van der Waals surface area contributed by atoms with Gasteiger partial charge in [0.25, 0.3) is 0 Å². The summed E-state index contributed by atoms with van der Waals surface area (Å²) in [5, 5.41) is 3.68. The van der Waals surface area contributed by atoms with Crippen molar-refractivity contribution in [3.63, 3.8) is 0 Å². The van der Waals surface area contributed by atoms with E-state index in [9.17, 15) is 9.59 Å². The number of fused-ring (bicyclic) bond motifs is 1. The van der Waals surface area contributed by atoms with Crippen molar-refractivity contribution in [2.45, 2.75) is 57.0 Å². The molecule has 2 heterocycles. The van der Waals surface area contributed by atoms with Gasteiger partial charge in [-0.3, -0.25) is 14.3 Å². The van der Waals surface area contributed by atoms with Crippen molar-refractivity contribution in [2.75, 3.05) is 43.9 Å².